The van der Waals surface area contributed by atoms with E-state index in [1.165, 1.54) is 0 Å². The van der Waals surface area contributed by atoms with Crippen molar-refractivity contribution in [2.45, 2.75) is 40.2 Å². The number of carbonyl (C=O) groups is 1. The first-order valence-electron chi connectivity index (χ1n) is 5.49. The van der Waals surface area contributed by atoms with Gasteiger partial charge in [-0.05, 0) is 40.7 Å². The Labute approximate surface area is 103 Å². The number of alkyl carbamates (subject to hydrolysis) is 1. The zero-order chi connectivity index (χ0) is 13.5. The van der Waals surface area contributed by atoms with Crippen LogP contribution in [0.15, 0.2) is 23.3 Å². The molecule has 0 aromatic carbocycles. The quantitative estimate of drug-likeness (QED) is 0.605. The van der Waals surface area contributed by atoms with Gasteiger partial charge in [-0.25, -0.2) is 4.79 Å². The minimum absolute atomic E-state index is 0.369. The first kappa shape index (κ1) is 15.2. The maximum atomic E-state index is 11.3. The number of nitrogens with one attached hydrogen (secondary N) is 1. The van der Waals surface area contributed by atoms with E-state index >= 15 is 0 Å². The van der Waals surface area contributed by atoms with Gasteiger partial charge in [-0.1, -0.05) is 11.6 Å². The highest BCUT2D eigenvalue weighted by Gasteiger charge is 2.15. The zero-order valence-corrected chi connectivity index (χ0v) is 11.1. The van der Waals surface area contributed by atoms with Crippen molar-refractivity contribution in [1.29, 1.82) is 5.26 Å². The fraction of sp³-hybridized carbons (Fsp3) is 0.538. The number of nitriles is 1. The van der Waals surface area contributed by atoms with Gasteiger partial charge < -0.3 is 10.1 Å². The largest absolute Gasteiger partial charge is 0.444 e. The molecule has 0 spiro atoms. The molecular weight excluding hydrogens is 216 g/mol. The van der Waals surface area contributed by atoms with Crippen LogP contribution in [0, 0.1) is 11.3 Å². The second-order valence-corrected chi connectivity index (χ2v) is 4.70. The molecule has 0 rings (SSSR count). The standard InChI is InChI=1S/C13H20N2O2/c1-6-11(8-14)7-10(2)9-15-12(16)17-13(3,4)5/h6-7H,9H2,1-5H3,(H,15,16)/b10-7+,11-6+. The third-order valence-corrected chi connectivity index (χ3v) is 1.75. The molecule has 0 fully saturated rings. The first-order valence-corrected chi connectivity index (χ1v) is 5.49. The van der Waals surface area contributed by atoms with E-state index in [0.717, 1.165) is 5.57 Å². The van der Waals surface area contributed by atoms with E-state index in [2.05, 4.69) is 5.32 Å². The van der Waals surface area contributed by atoms with Crippen LogP contribution in [-0.2, 0) is 4.74 Å². The normalized spacial score (nSPS) is 12.9. The highest BCUT2D eigenvalue weighted by atomic mass is 16.6. The van der Waals surface area contributed by atoms with Crippen molar-refractivity contribution in [1.82, 2.24) is 5.32 Å². The first-order chi connectivity index (χ1) is 7.78. The highest BCUT2D eigenvalue weighted by Crippen LogP contribution is 2.06. The topological polar surface area (TPSA) is 62.1 Å². The number of allylic oxidation sites excluding steroid dienone is 3. The van der Waals surface area contributed by atoms with Crippen LogP contribution in [0.3, 0.4) is 0 Å². The number of hydrogen-bond donors (Lipinski definition) is 1. The smallest absolute Gasteiger partial charge is 0.407 e. The number of nitrogens with zero attached hydrogens (tertiary/aromatic N) is 1. The number of carbonyl (C=O) groups excluding carboxylic acids is 1. The number of rotatable bonds is 3. The van der Waals surface area contributed by atoms with Crippen LogP contribution in [0.2, 0.25) is 0 Å². The summed E-state index contributed by atoms with van der Waals surface area (Å²) in [5.41, 5.74) is 0.974. The molecule has 17 heavy (non-hydrogen) atoms. The second kappa shape index (κ2) is 6.74. The van der Waals surface area contributed by atoms with E-state index in [4.69, 9.17) is 10.00 Å². The fourth-order valence-electron chi connectivity index (χ4n) is 1.02. The summed E-state index contributed by atoms with van der Waals surface area (Å²) in [5, 5.41) is 11.4. The Bertz CT molecular complexity index is 368. The summed E-state index contributed by atoms with van der Waals surface area (Å²) in [4.78, 5) is 11.3. The van der Waals surface area contributed by atoms with Crippen LogP contribution < -0.4 is 5.32 Å². The molecule has 1 amide bonds. The SMILES string of the molecule is C/C=C(C#N)\C=C(/C)CNC(=O)OC(C)(C)C. The van der Waals surface area contributed by atoms with Crippen molar-refractivity contribution in [2.75, 3.05) is 6.54 Å². The minimum Gasteiger partial charge on any atom is -0.444 e. The number of hydrogen-bond acceptors (Lipinski definition) is 3. The van der Waals surface area contributed by atoms with Crippen LogP contribution in [0.25, 0.3) is 0 Å². The van der Waals surface area contributed by atoms with E-state index in [1.807, 2.05) is 33.8 Å². The molecule has 0 aliphatic carbocycles. The monoisotopic (exact) mass is 236 g/mol. The fourth-order valence-corrected chi connectivity index (χ4v) is 1.02. The minimum atomic E-state index is -0.497. The predicted octanol–water partition coefficient (Wildman–Crippen LogP) is 2.93. The number of ether oxygens (including phenoxy) is 1. The average molecular weight is 236 g/mol. The molecule has 94 valence electrons. The maximum Gasteiger partial charge on any atom is 0.407 e. The molecular formula is C13H20N2O2. The lowest BCUT2D eigenvalue weighted by molar-refractivity contribution is 0.0532. The van der Waals surface area contributed by atoms with Gasteiger partial charge >= 0.3 is 6.09 Å². The molecule has 4 nitrogen and oxygen atoms in total. The van der Waals surface area contributed by atoms with Gasteiger partial charge in [0.05, 0.1) is 6.07 Å². The molecule has 4 heteroatoms. The molecule has 0 aromatic rings. The molecule has 0 atom stereocenters. The predicted molar refractivity (Wildman–Crippen MR) is 67.4 cm³/mol. The van der Waals surface area contributed by atoms with Gasteiger partial charge in [-0.3, -0.25) is 0 Å². The van der Waals surface area contributed by atoms with Gasteiger partial charge in [0.25, 0.3) is 0 Å². The molecule has 0 unspecified atom stereocenters. The molecule has 1 N–H and O–H groups in total. The molecule has 0 bridgehead atoms. The molecule has 0 heterocycles. The summed E-state index contributed by atoms with van der Waals surface area (Å²) in [6.07, 6.45) is 3.00. The van der Waals surface area contributed by atoms with Crippen molar-refractivity contribution in [3.63, 3.8) is 0 Å². The van der Waals surface area contributed by atoms with Crippen molar-refractivity contribution >= 4 is 6.09 Å². The second-order valence-electron chi connectivity index (χ2n) is 4.70. The Hall–Kier alpha value is -1.76. The van der Waals surface area contributed by atoms with Gasteiger partial charge in [0.2, 0.25) is 0 Å². The summed E-state index contributed by atoms with van der Waals surface area (Å²) < 4.78 is 5.09. The van der Waals surface area contributed by atoms with Gasteiger partial charge in [-0.15, -0.1) is 0 Å². The van der Waals surface area contributed by atoms with E-state index in [-0.39, 0.29) is 0 Å². The lowest BCUT2D eigenvalue weighted by Crippen LogP contribution is -2.33. The van der Waals surface area contributed by atoms with Crippen LogP contribution in [0.4, 0.5) is 4.79 Å². The van der Waals surface area contributed by atoms with Gasteiger partial charge in [0, 0.05) is 12.1 Å². The lowest BCUT2D eigenvalue weighted by atomic mass is 10.2. The van der Waals surface area contributed by atoms with Crippen LogP contribution in [0.1, 0.15) is 34.6 Å². The van der Waals surface area contributed by atoms with Crippen LogP contribution >= 0.6 is 0 Å². The molecule has 0 radical (unpaired) electrons. The average Bonchev–Trinajstić information content (AvgIpc) is 2.20. The molecule has 0 saturated heterocycles. The Morgan fingerprint density at radius 3 is 2.47 bits per heavy atom. The third kappa shape index (κ3) is 8.09. The summed E-state index contributed by atoms with van der Waals surface area (Å²) in [6.45, 7) is 9.43. The van der Waals surface area contributed by atoms with Crippen molar-refractivity contribution < 1.29 is 9.53 Å². The summed E-state index contributed by atoms with van der Waals surface area (Å²) in [5.74, 6) is 0. The summed E-state index contributed by atoms with van der Waals surface area (Å²) in [6, 6.07) is 2.05. The zero-order valence-electron chi connectivity index (χ0n) is 11.1. The Morgan fingerprint density at radius 2 is 2.06 bits per heavy atom. The van der Waals surface area contributed by atoms with Crippen molar-refractivity contribution in [3.8, 4) is 6.07 Å². The van der Waals surface area contributed by atoms with E-state index < -0.39 is 11.7 Å². The number of amides is 1. The molecule has 0 aliphatic rings. The molecule has 0 saturated carbocycles. The van der Waals surface area contributed by atoms with Crippen molar-refractivity contribution in [2.24, 2.45) is 0 Å². The third-order valence-electron chi connectivity index (χ3n) is 1.75. The summed E-state index contributed by atoms with van der Waals surface area (Å²) >= 11 is 0. The molecule has 0 aromatic heterocycles. The lowest BCUT2D eigenvalue weighted by Gasteiger charge is -2.19. The van der Waals surface area contributed by atoms with E-state index in [9.17, 15) is 4.79 Å². The Kier molecular flexibility index (Phi) is 6.05. The van der Waals surface area contributed by atoms with E-state index in [0.29, 0.717) is 12.1 Å². The van der Waals surface area contributed by atoms with Crippen LogP contribution in [-0.4, -0.2) is 18.2 Å². The highest BCUT2D eigenvalue weighted by molar-refractivity contribution is 5.68. The van der Waals surface area contributed by atoms with Crippen molar-refractivity contribution in [3.05, 3.63) is 23.3 Å². The Morgan fingerprint density at radius 1 is 1.47 bits per heavy atom. The van der Waals surface area contributed by atoms with E-state index in [1.54, 1.807) is 19.1 Å². The summed E-state index contributed by atoms with van der Waals surface area (Å²) in [7, 11) is 0. The Balaban J connectivity index is 4.23. The van der Waals surface area contributed by atoms with Gasteiger partial charge in [-0.2, -0.15) is 5.26 Å². The van der Waals surface area contributed by atoms with Gasteiger partial charge in [0.1, 0.15) is 5.60 Å². The molecule has 0 aliphatic heterocycles. The van der Waals surface area contributed by atoms with Crippen LogP contribution in [0.5, 0.6) is 0 Å². The maximum absolute atomic E-state index is 11.3. The van der Waals surface area contributed by atoms with Gasteiger partial charge in [0.15, 0.2) is 0 Å².